The van der Waals surface area contributed by atoms with E-state index in [-0.39, 0.29) is 0 Å². The molecule has 1 aromatic heterocycles. The summed E-state index contributed by atoms with van der Waals surface area (Å²) in [4.78, 5) is 18.9. The Kier molecular flexibility index (Phi) is 4.92. The SMILES string of the molecule is CC(C)(C)OC(=O)Nc1cc(N2C3CCC2COC3)cc(CS)n1. The molecule has 24 heavy (non-hydrogen) atoms. The first kappa shape index (κ1) is 17.4. The van der Waals surface area contributed by atoms with E-state index < -0.39 is 11.7 Å². The number of aromatic nitrogens is 1. The fraction of sp³-hybridized carbons (Fsp3) is 0.647. The minimum absolute atomic E-state index is 0.397. The number of ether oxygens (including phenoxy) is 2. The van der Waals surface area contributed by atoms with Gasteiger partial charge in [-0.05, 0) is 39.7 Å². The molecule has 2 atom stereocenters. The van der Waals surface area contributed by atoms with Crippen LogP contribution in [0.4, 0.5) is 16.3 Å². The Morgan fingerprint density at radius 2 is 2.04 bits per heavy atom. The van der Waals surface area contributed by atoms with Crippen molar-refractivity contribution in [2.24, 2.45) is 0 Å². The number of thiol groups is 1. The summed E-state index contributed by atoms with van der Waals surface area (Å²) in [7, 11) is 0. The van der Waals surface area contributed by atoms with E-state index >= 15 is 0 Å². The number of nitrogens with zero attached hydrogens (tertiary/aromatic N) is 2. The number of morpholine rings is 1. The maximum Gasteiger partial charge on any atom is 0.413 e. The number of carbonyl (C=O) groups excluding carboxylic acids is 1. The van der Waals surface area contributed by atoms with Gasteiger partial charge in [0, 0.05) is 17.5 Å². The summed E-state index contributed by atoms with van der Waals surface area (Å²) < 4.78 is 11.0. The molecular formula is C17H25N3O3S. The summed E-state index contributed by atoms with van der Waals surface area (Å²) in [6.45, 7) is 7.01. The van der Waals surface area contributed by atoms with E-state index in [1.165, 1.54) is 0 Å². The van der Waals surface area contributed by atoms with Crippen LogP contribution in [0.1, 0.15) is 39.3 Å². The third kappa shape index (κ3) is 3.95. The lowest BCUT2D eigenvalue weighted by Crippen LogP contribution is -2.46. The molecule has 1 amide bonds. The molecule has 1 aromatic rings. The van der Waals surface area contributed by atoms with Gasteiger partial charge >= 0.3 is 6.09 Å². The van der Waals surface area contributed by atoms with Gasteiger partial charge < -0.3 is 14.4 Å². The first-order valence-corrected chi connectivity index (χ1v) is 8.97. The van der Waals surface area contributed by atoms with E-state index in [4.69, 9.17) is 9.47 Å². The van der Waals surface area contributed by atoms with E-state index in [1.807, 2.05) is 32.9 Å². The fourth-order valence-corrected chi connectivity index (χ4v) is 3.49. The summed E-state index contributed by atoms with van der Waals surface area (Å²) >= 11 is 4.34. The molecule has 0 aliphatic carbocycles. The smallest absolute Gasteiger partial charge is 0.413 e. The van der Waals surface area contributed by atoms with Crippen LogP contribution in [0.5, 0.6) is 0 Å². The lowest BCUT2D eigenvalue weighted by atomic mass is 10.2. The van der Waals surface area contributed by atoms with Crippen molar-refractivity contribution in [3.05, 3.63) is 17.8 Å². The maximum absolute atomic E-state index is 12.0. The van der Waals surface area contributed by atoms with Gasteiger partial charge in [-0.2, -0.15) is 12.6 Å². The number of hydrogen-bond acceptors (Lipinski definition) is 6. The largest absolute Gasteiger partial charge is 0.444 e. The van der Waals surface area contributed by atoms with Gasteiger partial charge in [0.15, 0.2) is 0 Å². The van der Waals surface area contributed by atoms with E-state index in [0.29, 0.717) is 23.7 Å². The van der Waals surface area contributed by atoms with Crippen LogP contribution < -0.4 is 10.2 Å². The number of rotatable bonds is 3. The zero-order valence-electron chi connectivity index (χ0n) is 14.4. The second kappa shape index (κ2) is 6.80. The van der Waals surface area contributed by atoms with Crippen molar-refractivity contribution in [3.63, 3.8) is 0 Å². The van der Waals surface area contributed by atoms with Crippen LogP contribution in [0.2, 0.25) is 0 Å². The molecule has 3 heterocycles. The number of fused-ring (bicyclic) bond motifs is 2. The van der Waals surface area contributed by atoms with Gasteiger partial charge in [0.05, 0.1) is 31.0 Å². The standard InChI is InChI=1S/C17H25N3O3S/c1-17(2,3)23-16(21)19-15-7-14(6-11(10-24)18-15)20-12-4-5-13(20)9-22-8-12/h6-7,12-13,24H,4-5,8-10H2,1-3H3,(H,18,19,21). The molecule has 2 saturated heterocycles. The minimum atomic E-state index is -0.544. The third-order valence-electron chi connectivity index (χ3n) is 4.19. The summed E-state index contributed by atoms with van der Waals surface area (Å²) in [6, 6.07) is 4.75. The Balaban J connectivity index is 1.82. The van der Waals surface area contributed by atoms with Gasteiger partial charge in [-0.15, -0.1) is 0 Å². The van der Waals surface area contributed by atoms with E-state index in [1.54, 1.807) is 0 Å². The lowest BCUT2D eigenvalue weighted by molar-refractivity contribution is 0.0635. The van der Waals surface area contributed by atoms with Gasteiger partial charge in [-0.1, -0.05) is 0 Å². The average molecular weight is 351 g/mol. The number of anilines is 2. The van der Waals surface area contributed by atoms with Gasteiger partial charge in [0.1, 0.15) is 11.4 Å². The number of carbonyl (C=O) groups is 1. The zero-order valence-corrected chi connectivity index (χ0v) is 15.3. The topological polar surface area (TPSA) is 63.7 Å². The summed E-state index contributed by atoms with van der Waals surface area (Å²) in [5, 5.41) is 2.74. The Hall–Kier alpha value is -1.47. The molecule has 2 unspecified atom stereocenters. The highest BCUT2D eigenvalue weighted by molar-refractivity contribution is 7.79. The number of pyridine rings is 1. The van der Waals surface area contributed by atoms with Crippen LogP contribution in [-0.2, 0) is 15.2 Å². The second-order valence-corrected chi connectivity index (χ2v) is 7.63. The highest BCUT2D eigenvalue weighted by Gasteiger charge is 2.37. The molecule has 132 valence electrons. The van der Waals surface area contributed by atoms with Crippen LogP contribution in [0.15, 0.2) is 12.1 Å². The summed E-state index contributed by atoms with van der Waals surface area (Å²) in [5.74, 6) is 1.01. The van der Waals surface area contributed by atoms with Crippen LogP contribution in [-0.4, -0.2) is 42.0 Å². The van der Waals surface area contributed by atoms with Gasteiger partial charge in [-0.3, -0.25) is 5.32 Å². The van der Waals surface area contributed by atoms with Crippen LogP contribution in [0.3, 0.4) is 0 Å². The molecule has 6 nitrogen and oxygen atoms in total. The van der Waals surface area contributed by atoms with Crippen LogP contribution in [0, 0.1) is 0 Å². The molecule has 1 N–H and O–H groups in total. The molecule has 0 saturated carbocycles. The first-order valence-electron chi connectivity index (χ1n) is 8.33. The Morgan fingerprint density at radius 1 is 1.38 bits per heavy atom. The monoisotopic (exact) mass is 351 g/mol. The first-order chi connectivity index (χ1) is 11.4. The number of hydrogen-bond donors (Lipinski definition) is 2. The molecule has 2 fully saturated rings. The number of nitrogens with one attached hydrogen (secondary N) is 1. The molecule has 0 spiro atoms. The molecule has 3 rings (SSSR count). The van der Waals surface area contributed by atoms with Crippen LogP contribution in [0.25, 0.3) is 0 Å². The summed E-state index contributed by atoms with van der Waals surface area (Å²) in [5.41, 5.74) is 1.35. The van der Waals surface area contributed by atoms with E-state index in [2.05, 4.69) is 27.8 Å². The zero-order chi connectivity index (χ0) is 17.3. The molecule has 2 aliphatic rings. The van der Waals surface area contributed by atoms with Crippen molar-refractivity contribution in [2.45, 2.75) is 57.1 Å². The minimum Gasteiger partial charge on any atom is -0.444 e. The van der Waals surface area contributed by atoms with Gasteiger partial charge in [0.2, 0.25) is 0 Å². The Bertz CT molecular complexity index is 602. The Morgan fingerprint density at radius 3 is 2.62 bits per heavy atom. The molecule has 0 aromatic carbocycles. The molecule has 2 bridgehead atoms. The van der Waals surface area contributed by atoms with Crippen molar-refractivity contribution in [2.75, 3.05) is 23.4 Å². The highest BCUT2D eigenvalue weighted by atomic mass is 32.1. The van der Waals surface area contributed by atoms with Gasteiger partial charge in [-0.25, -0.2) is 9.78 Å². The maximum atomic E-state index is 12.0. The average Bonchev–Trinajstić information content (AvgIpc) is 2.74. The highest BCUT2D eigenvalue weighted by Crippen LogP contribution is 2.35. The Labute approximate surface area is 148 Å². The third-order valence-corrected chi connectivity index (χ3v) is 4.52. The van der Waals surface area contributed by atoms with Crippen molar-refractivity contribution >= 4 is 30.2 Å². The summed E-state index contributed by atoms with van der Waals surface area (Å²) in [6.07, 6.45) is 1.78. The van der Waals surface area contributed by atoms with Crippen LogP contribution >= 0.6 is 12.6 Å². The normalized spacial score (nSPS) is 23.2. The van der Waals surface area contributed by atoms with Crippen molar-refractivity contribution in [3.8, 4) is 0 Å². The van der Waals surface area contributed by atoms with E-state index in [0.717, 1.165) is 37.4 Å². The second-order valence-electron chi connectivity index (χ2n) is 7.32. The molecular weight excluding hydrogens is 326 g/mol. The quantitative estimate of drug-likeness (QED) is 0.819. The van der Waals surface area contributed by atoms with Gasteiger partial charge in [0.25, 0.3) is 0 Å². The predicted molar refractivity (Wildman–Crippen MR) is 96.9 cm³/mol. The van der Waals surface area contributed by atoms with E-state index in [9.17, 15) is 4.79 Å². The van der Waals surface area contributed by atoms with Crippen molar-refractivity contribution in [1.82, 2.24) is 4.98 Å². The molecule has 0 radical (unpaired) electrons. The fourth-order valence-electron chi connectivity index (χ4n) is 3.32. The van der Waals surface area contributed by atoms with Crippen molar-refractivity contribution in [1.29, 1.82) is 0 Å². The molecule has 2 aliphatic heterocycles. The predicted octanol–water partition coefficient (Wildman–Crippen LogP) is 3.23. The number of amides is 1. The molecule has 7 heteroatoms. The van der Waals surface area contributed by atoms with Crippen molar-refractivity contribution < 1.29 is 14.3 Å². The lowest BCUT2D eigenvalue weighted by Gasteiger charge is -2.36.